The highest BCUT2D eigenvalue weighted by Crippen LogP contribution is 2.17. The molecule has 0 saturated carbocycles. The molecular formula is C20H22FNO2. The van der Waals surface area contributed by atoms with Crippen LogP contribution >= 0.6 is 0 Å². The van der Waals surface area contributed by atoms with E-state index in [1.54, 1.807) is 24.3 Å². The Hall–Kier alpha value is -2.46. The number of amides is 1. The van der Waals surface area contributed by atoms with Gasteiger partial charge >= 0.3 is 0 Å². The number of benzene rings is 2. The van der Waals surface area contributed by atoms with Gasteiger partial charge in [0, 0.05) is 12.5 Å². The molecule has 2 atom stereocenters. The van der Waals surface area contributed by atoms with E-state index in [9.17, 15) is 14.3 Å². The zero-order valence-corrected chi connectivity index (χ0v) is 13.7. The number of aliphatic hydroxyl groups is 1. The van der Waals surface area contributed by atoms with E-state index < -0.39 is 6.10 Å². The molecule has 0 heterocycles. The van der Waals surface area contributed by atoms with Gasteiger partial charge in [0.05, 0.1) is 6.10 Å². The van der Waals surface area contributed by atoms with E-state index in [-0.39, 0.29) is 24.2 Å². The van der Waals surface area contributed by atoms with Gasteiger partial charge in [-0.2, -0.15) is 0 Å². The summed E-state index contributed by atoms with van der Waals surface area (Å²) in [4.78, 5) is 11.9. The number of aliphatic hydroxyl groups excluding tert-OH is 1. The Morgan fingerprint density at radius 3 is 2.67 bits per heavy atom. The van der Waals surface area contributed by atoms with Crippen molar-refractivity contribution in [2.75, 3.05) is 0 Å². The van der Waals surface area contributed by atoms with Gasteiger partial charge in [-0.1, -0.05) is 54.6 Å². The molecule has 4 heteroatoms. The monoisotopic (exact) mass is 327 g/mol. The molecule has 2 aromatic carbocycles. The molecular weight excluding hydrogens is 305 g/mol. The zero-order chi connectivity index (χ0) is 17.4. The summed E-state index contributed by atoms with van der Waals surface area (Å²) < 4.78 is 13.0. The van der Waals surface area contributed by atoms with Gasteiger partial charge in [-0.15, -0.1) is 0 Å². The van der Waals surface area contributed by atoms with Gasteiger partial charge in [0.25, 0.3) is 0 Å². The quantitative estimate of drug-likeness (QED) is 0.811. The Balaban J connectivity index is 1.77. The fourth-order valence-corrected chi connectivity index (χ4v) is 2.45. The third-order valence-electron chi connectivity index (χ3n) is 3.63. The molecule has 2 N–H and O–H groups in total. The van der Waals surface area contributed by atoms with Gasteiger partial charge in [0.1, 0.15) is 5.82 Å². The van der Waals surface area contributed by atoms with Crippen LogP contribution in [0.1, 0.15) is 37.0 Å². The molecule has 0 aliphatic rings. The van der Waals surface area contributed by atoms with E-state index in [1.165, 1.54) is 12.1 Å². The van der Waals surface area contributed by atoms with Gasteiger partial charge in [-0.05, 0) is 36.6 Å². The zero-order valence-electron chi connectivity index (χ0n) is 13.7. The summed E-state index contributed by atoms with van der Waals surface area (Å²) in [5.41, 5.74) is 1.56. The Morgan fingerprint density at radius 1 is 1.21 bits per heavy atom. The van der Waals surface area contributed by atoms with Gasteiger partial charge < -0.3 is 10.4 Å². The molecule has 0 radical (unpaired) electrons. The SMILES string of the molecule is CC(CC(O)c1ccccc1)NC(=O)C/C=C/c1cccc(F)c1. The maximum Gasteiger partial charge on any atom is 0.224 e. The number of rotatable bonds is 7. The third kappa shape index (κ3) is 5.97. The molecule has 0 aliphatic carbocycles. The number of halogens is 1. The minimum atomic E-state index is -0.607. The first-order valence-corrected chi connectivity index (χ1v) is 7.99. The molecule has 126 valence electrons. The highest BCUT2D eigenvalue weighted by molar-refractivity contribution is 5.78. The smallest absolute Gasteiger partial charge is 0.224 e. The number of carbonyl (C=O) groups excluding carboxylic acids is 1. The Bertz CT molecular complexity index is 685. The number of nitrogens with one attached hydrogen (secondary N) is 1. The lowest BCUT2D eigenvalue weighted by molar-refractivity contribution is -0.121. The lowest BCUT2D eigenvalue weighted by Gasteiger charge is -2.18. The maximum absolute atomic E-state index is 13.0. The molecule has 0 bridgehead atoms. The van der Waals surface area contributed by atoms with Crippen LogP contribution in [0.25, 0.3) is 6.08 Å². The summed E-state index contributed by atoms with van der Waals surface area (Å²) in [5, 5.41) is 13.0. The largest absolute Gasteiger partial charge is 0.388 e. The molecule has 0 saturated heterocycles. The maximum atomic E-state index is 13.0. The van der Waals surface area contributed by atoms with E-state index in [0.29, 0.717) is 6.42 Å². The van der Waals surface area contributed by atoms with Crippen LogP contribution in [0.4, 0.5) is 4.39 Å². The standard InChI is InChI=1S/C20H22FNO2/c1-15(13-19(23)17-9-3-2-4-10-17)22-20(24)12-6-8-16-7-5-11-18(21)14-16/h2-11,14-15,19,23H,12-13H2,1H3,(H,22,24)/b8-6+. The van der Waals surface area contributed by atoms with E-state index >= 15 is 0 Å². The van der Waals surface area contributed by atoms with Gasteiger partial charge in [0.2, 0.25) is 5.91 Å². The second-order valence-corrected chi connectivity index (χ2v) is 5.79. The summed E-state index contributed by atoms with van der Waals surface area (Å²) in [6.45, 7) is 1.86. The second kappa shape index (κ2) is 8.99. The number of hydrogen-bond acceptors (Lipinski definition) is 2. The molecule has 2 rings (SSSR count). The lowest BCUT2D eigenvalue weighted by atomic mass is 10.0. The van der Waals surface area contributed by atoms with Crippen molar-refractivity contribution in [2.45, 2.75) is 31.9 Å². The first-order chi connectivity index (χ1) is 11.5. The average Bonchev–Trinajstić information content (AvgIpc) is 2.55. The van der Waals surface area contributed by atoms with Crippen LogP contribution in [0, 0.1) is 5.82 Å². The molecule has 3 nitrogen and oxygen atoms in total. The van der Waals surface area contributed by atoms with Crippen molar-refractivity contribution in [3.05, 3.63) is 77.6 Å². The highest BCUT2D eigenvalue weighted by Gasteiger charge is 2.13. The van der Waals surface area contributed by atoms with Gasteiger partial charge in [-0.3, -0.25) is 4.79 Å². The average molecular weight is 327 g/mol. The molecule has 0 aromatic heterocycles. The van der Waals surface area contributed by atoms with E-state index in [0.717, 1.165) is 11.1 Å². The molecule has 2 unspecified atom stereocenters. The lowest BCUT2D eigenvalue weighted by Crippen LogP contribution is -2.33. The molecule has 0 spiro atoms. The van der Waals surface area contributed by atoms with Crippen molar-refractivity contribution in [1.82, 2.24) is 5.32 Å². The van der Waals surface area contributed by atoms with Crippen molar-refractivity contribution >= 4 is 12.0 Å². The highest BCUT2D eigenvalue weighted by atomic mass is 19.1. The molecule has 2 aromatic rings. The molecule has 0 aliphatic heterocycles. The summed E-state index contributed by atoms with van der Waals surface area (Å²) in [6.07, 6.45) is 3.46. The Kier molecular flexibility index (Phi) is 6.70. The van der Waals surface area contributed by atoms with Crippen molar-refractivity contribution in [3.8, 4) is 0 Å². The second-order valence-electron chi connectivity index (χ2n) is 5.79. The van der Waals surface area contributed by atoms with Crippen molar-refractivity contribution < 1.29 is 14.3 Å². The summed E-state index contributed by atoms with van der Waals surface area (Å²) in [6, 6.07) is 15.4. The van der Waals surface area contributed by atoms with E-state index in [2.05, 4.69) is 5.32 Å². The predicted octanol–water partition coefficient (Wildman–Crippen LogP) is 3.86. The van der Waals surface area contributed by atoms with Crippen LogP contribution in [0.3, 0.4) is 0 Å². The summed E-state index contributed by atoms with van der Waals surface area (Å²) in [7, 11) is 0. The fraction of sp³-hybridized carbons (Fsp3) is 0.250. The van der Waals surface area contributed by atoms with Crippen LogP contribution in [-0.4, -0.2) is 17.1 Å². The Labute approximate surface area is 141 Å². The van der Waals surface area contributed by atoms with Crippen molar-refractivity contribution in [2.24, 2.45) is 0 Å². The third-order valence-corrected chi connectivity index (χ3v) is 3.63. The van der Waals surface area contributed by atoms with Crippen molar-refractivity contribution in [3.63, 3.8) is 0 Å². The van der Waals surface area contributed by atoms with Crippen LogP contribution < -0.4 is 5.32 Å². The van der Waals surface area contributed by atoms with Crippen molar-refractivity contribution in [1.29, 1.82) is 0 Å². The minimum Gasteiger partial charge on any atom is -0.388 e. The van der Waals surface area contributed by atoms with E-state index in [1.807, 2.05) is 37.3 Å². The summed E-state index contributed by atoms with van der Waals surface area (Å²) >= 11 is 0. The predicted molar refractivity (Wildman–Crippen MR) is 93.7 cm³/mol. The van der Waals surface area contributed by atoms with E-state index in [4.69, 9.17) is 0 Å². The fourth-order valence-electron chi connectivity index (χ4n) is 2.45. The molecule has 24 heavy (non-hydrogen) atoms. The minimum absolute atomic E-state index is 0.129. The van der Waals surface area contributed by atoms with Crippen LogP contribution in [0.5, 0.6) is 0 Å². The van der Waals surface area contributed by atoms with Crippen LogP contribution in [0.15, 0.2) is 60.7 Å². The molecule has 0 fully saturated rings. The first-order valence-electron chi connectivity index (χ1n) is 7.99. The Morgan fingerprint density at radius 2 is 1.96 bits per heavy atom. The van der Waals surface area contributed by atoms with Gasteiger partial charge in [-0.25, -0.2) is 4.39 Å². The van der Waals surface area contributed by atoms with Gasteiger partial charge in [0.15, 0.2) is 0 Å². The van der Waals surface area contributed by atoms with Crippen LogP contribution in [0.2, 0.25) is 0 Å². The summed E-state index contributed by atoms with van der Waals surface area (Å²) in [5.74, 6) is -0.430. The topological polar surface area (TPSA) is 49.3 Å². The molecule has 1 amide bonds. The first kappa shape index (κ1) is 17.9. The number of carbonyl (C=O) groups is 1. The normalized spacial score (nSPS) is 13.6. The number of hydrogen-bond donors (Lipinski definition) is 2. The van der Waals surface area contributed by atoms with Crippen LogP contribution in [-0.2, 0) is 4.79 Å².